The number of carbonyl (C=O) groups excluding carboxylic acids is 1. The van der Waals surface area contributed by atoms with Crippen molar-refractivity contribution in [2.75, 3.05) is 19.8 Å². The maximum absolute atomic E-state index is 11.7. The second-order valence-corrected chi connectivity index (χ2v) is 3.87. The van der Waals surface area contributed by atoms with Crippen LogP contribution in [0.4, 0.5) is 0 Å². The van der Waals surface area contributed by atoms with Gasteiger partial charge in [-0.2, -0.15) is 0 Å². The summed E-state index contributed by atoms with van der Waals surface area (Å²) in [5.74, 6) is -0.0329. The summed E-state index contributed by atoms with van der Waals surface area (Å²) in [6.07, 6.45) is 3.34. The predicted octanol–water partition coefficient (Wildman–Crippen LogP) is 1.11. The molecule has 0 aromatic carbocycles. The number of aromatic nitrogens is 1. The number of nitrogens with zero attached hydrogens (tertiary/aromatic N) is 2. The molecule has 1 atom stereocenters. The molecule has 0 unspecified atom stereocenters. The number of ether oxygens (including phenoxy) is 1. The first-order valence-corrected chi connectivity index (χ1v) is 5.36. The van der Waals surface area contributed by atoms with Crippen LogP contribution < -0.4 is 0 Å². The van der Waals surface area contributed by atoms with Gasteiger partial charge >= 0.3 is 0 Å². The van der Waals surface area contributed by atoms with Crippen LogP contribution in [-0.2, 0) is 16.6 Å². The highest BCUT2D eigenvalue weighted by Gasteiger charge is 2.28. The molecule has 1 saturated heterocycles. The van der Waals surface area contributed by atoms with Gasteiger partial charge in [-0.25, -0.2) is 0 Å². The molecule has 16 heavy (non-hydrogen) atoms. The Labute approximate surface area is 95.1 Å². The van der Waals surface area contributed by atoms with Gasteiger partial charge in [-0.3, -0.25) is 4.79 Å². The molecule has 1 aliphatic rings. The summed E-state index contributed by atoms with van der Waals surface area (Å²) in [6.45, 7) is 5.31. The maximum Gasteiger partial charge on any atom is 0.246 e. The number of morpholine rings is 1. The molecule has 0 aliphatic carbocycles. The van der Waals surface area contributed by atoms with Gasteiger partial charge in [0.2, 0.25) is 5.91 Å². The zero-order valence-corrected chi connectivity index (χ0v) is 9.43. The molecule has 1 amide bonds. The van der Waals surface area contributed by atoms with Crippen LogP contribution in [-0.4, -0.2) is 35.1 Å². The van der Waals surface area contributed by atoms with E-state index >= 15 is 0 Å². The molecule has 1 aromatic rings. The highest BCUT2D eigenvalue weighted by molar-refractivity contribution is 5.87. The van der Waals surface area contributed by atoms with E-state index in [9.17, 15) is 4.79 Å². The molecule has 1 aliphatic heterocycles. The van der Waals surface area contributed by atoms with Crippen molar-refractivity contribution in [2.24, 2.45) is 7.05 Å². The van der Waals surface area contributed by atoms with E-state index in [1.807, 2.05) is 34.8 Å². The summed E-state index contributed by atoms with van der Waals surface area (Å²) in [5.41, 5.74) is 1.09. The van der Waals surface area contributed by atoms with Gasteiger partial charge in [0.25, 0.3) is 0 Å². The molecule has 2 heterocycles. The first-order chi connectivity index (χ1) is 7.74. The van der Waals surface area contributed by atoms with Crippen LogP contribution in [0.25, 0.3) is 0 Å². The van der Waals surface area contributed by atoms with Crippen LogP contribution in [0.2, 0.25) is 0 Å². The molecule has 0 bridgehead atoms. The Kier molecular flexibility index (Phi) is 3.10. The Balaban J connectivity index is 2.26. The number of carbonyl (C=O) groups is 1. The van der Waals surface area contributed by atoms with Gasteiger partial charge in [0.1, 0.15) is 0 Å². The van der Waals surface area contributed by atoms with E-state index in [1.165, 1.54) is 6.08 Å². The molecule has 1 aromatic heterocycles. The van der Waals surface area contributed by atoms with Crippen LogP contribution in [0.15, 0.2) is 31.0 Å². The number of amides is 1. The van der Waals surface area contributed by atoms with Crippen molar-refractivity contribution in [2.45, 2.75) is 6.04 Å². The summed E-state index contributed by atoms with van der Waals surface area (Å²) >= 11 is 0. The molecule has 0 radical (unpaired) electrons. The molecule has 0 N–H and O–H groups in total. The van der Waals surface area contributed by atoms with Crippen LogP contribution in [0.1, 0.15) is 11.7 Å². The third-order valence-corrected chi connectivity index (χ3v) is 2.91. The predicted molar refractivity (Wildman–Crippen MR) is 60.9 cm³/mol. The lowest BCUT2D eigenvalue weighted by Gasteiger charge is -2.35. The summed E-state index contributed by atoms with van der Waals surface area (Å²) in [7, 11) is 1.97. The van der Waals surface area contributed by atoms with Crippen LogP contribution in [0.5, 0.6) is 0 Å². The van der Waals surface area contributed by atoms with E-state index in [4.69, 9.17) is 4.74 Å². The Morgan fingerprint density at radius 2 is 2.50 bits per heavy atom. The van der Waals surface area contributed by atoms with Gasteiger partial charge in [-0.15, -0.1) is 0 Å². The largest absolute Gasteiger partial charge is 0.377 e. The van der Waals surface area contributed by atoms with E-state index in [2.05, 4.69) is 6.58 Å². The highest BCUT2D eigenvalue weighted by Crippen LogP contribution is 2.24. The Morgan fingerprint density at radius 3 is 3.12 bits per heavy atom. The molecule has 4 heteroatoms. The van der Waals surface area contributed by atoms with E-state index in [1.54, 1.807) is 0 Å². The van der Waals surface area contributed by atoms with Crippen molar-refractivity contribution in [3.05, 3.63) is 36.7 Å². The molecule has 0 saturated carbocycles. The maximum atomic E-state index is 11.7. The monoisotopic (exact) mass is 220 g/mol. The quantitative estimate of drug-likeness (QED) is 0.700. The second kappa shape index (κ2) is 4.53. The molecule has 86 valence electrons. The fraction of sp³-hybridized carbons (Fsp3) is 0.417. The average molecular weight is 220 g/mol. The van der Waals surface area contributed by atoms with Gasteiger partial charge in [0.15, 0.2) is 0 Å². The standard InChI is InChI=1S/C12H16N2O2/c1-3-12(15)14-7-8-16-9-11(14)10-5-4-6-13(10)2/h3-6,11H,1,7-9H2,2H3/t11-/m0/s1. The van der Waals surface area contributed by atoms with Crippen LogP contribution >= 0.6 is 0 Å². The summed E-state index contributed by atoms with van der Waals surface area (Å²) in [6, 6.07) is 3.99. The second-order valence-electron chi connectivity index (χ2n) is 3.87. The molecular formula is C12H16N2O2. The number of rotatable bonds is 2. The summed E-state index contributed by atoms with van der Waals surface area (Å²) in [4.78, 5) is 13.5. The Hall–Kier alpha value is -1.55. The van der Waals surface area contributed by atoms with Gasteiger partial charge in [0, 0.05) is 25.5 Å². The molecule has 0 spiro atoms. The van der Waals surface area contributed by atoms with Crippen molar-refractivity contribution in [1.29, 1.82) is 0 Å². The van der Waals surface area contributed by atoms with Gasteiger partial charge in [-0.05, 0) is 18.2 Å². The smallest absolute Gasteiger partial charge is 0.246 e. The Bertz CT molecular complexity index is 397. The molecular weight excluding hydrogens is 204 g/mol. The van der Waals surface area contributed by atoms with Crippen molar-refractivity contribution in [3.8, 4) is 0 Å². The lowest BCUT2D eigenvalue weighted by molar-refractivity contribution is -0.135. The van der Waals surface area contributed by atoms with Crippen molar-refractivity contribution < 1.29 is 9.53 Å². The molecule has 2 rings (SSSR count). The van der Waals surface area contributed by atoms with Crippen LogP contribution in [0.3, 0.4) is 0 Å². The van der Waals surface area contributed by atoms with Crippen molar-refractivity contribution >= 4 is 5.91 Å². The lowest BCUT2D eigenvalue weighted by atomic mass is 10.1. The fourth-order valence-electron chi connectivity index (χ4n) is 2.05. The topological polar surface area (TPSA) is 34.5 Å². The summed E-state index contributed by atoms with van der Waals surface area (Å²) < 4.78 is 7.46. The zero-order chi connectivity index (χ0) is 11.5. The normalized spacial score (nSPS) is 20.8. The van der Waals surface area contributed by atoms with E-state index in [0.717, 1.165) is 5.69 Å². The minimum Gasteiger partial charge on any atom is -0.377 e. The first-order valence-electron chi connectivity index (χ1n) is 5.36. The zero-order valence-electron chi connectivity index (χ0n) is 9.43. The van der Waals surface area contributed by atoms with Gasteiger partial charge < -0.3 is 14.2 Å². The Morgan fingerprint density at radius 1 is 1.69 bits per heavy atom. The third-order valence-electron chi connectivity index (χ3n) is 2.91. The van der Waals surface area contributed by atoms with Crippen molar-refractivity contribution in [3.63, 3.8) is 0 Å². The highest BCUT2D eigenvalue weighted by atomic mass is 16.5. The van der Waals surface area contributed by atoms with E-state index < -0.39 is 0 Å². The fourth-order valence-corrected chi connectivity index (χ4v) is 2.05. The first kappa shape index (κ1) is 11.0. The van der Waals surface area contributed by atoms with Crippen molar-refractivity contribution in [1.82, 2.24) is 9.47 Å². The third kappa shape index (κ3) is 1.88. The van der Waals surface area contributed by atoms with Gasteiger partial charge in [-0.1, -0.05) is 6.58 Å². The summed E-state index contributed by atoms with van der Waals surface area (Å²) in [5, 5.41) is 0. The number of hydrogen-bond acceptors (Lipinski definition) is 2. The lowest BCUT2D eigenvalue weighted by Crippen LogP contribution is -2.43. The minimum absolute atomic E-state index is 0.000694. The SMILES string of the molecule is C=CC(=O)N1CCOC[C@H]1c1cccn1C. The average Bonchev–Trinajstić information content (AvgIpc) is 2.74. The molecule has 4 nitrogen and oxygen atoms in total. The van der Waals surface area contributed by atoms with E-state index in [0.29, 0.717) is 19.8 Å². The minimum atomic E-state index is -0.0329. The van der Waals surface area contributed by atoms with Gasteiger partial charge in [0.05, 0.1) is 19.3 Å². The van der Waals surface area contributed by atoms with Crippen LogP contribution in [0, 0.1) is 0 Å². The molecule has 1 fully saturated rings. The number of hydrogen-bond donors (Lipinski definition) is 0. The number of aryl methyl sites for hydroxylation is 1. The van der Waals surface area contributed by atoms with E-state index in [-0.39, 0.29) is 11.9 Å².